The van der Waals surface area contributed by atoms with Crippen LogP contribution in [0, 0.1) is 0 Å². The van der Waals surface area contributed by atoms with Crippen LogP contribution in [0.5, 0.6) is 0 Å². The molecule has 1 aliphatic rings. The second kappa shape index (κ2) is 6.58. The maximum Gasteiger partial charge on any atom is 0.404 e. The first-order valence-corrected chi connectivity index (χ1v) is 7.85. The lowest BCUT2D eigenvalue weighted by Crippen LogP contribution is -2.60. The van der Waals surface area contributed by atoms with Crippen LogP contribution in [0.1, 0.15) is 48.2 Å². The van der Waals surface area contributed by atoms with E-state index in [9.17, 15) is 14.7 Å². The number of rotatable bonds is 5. The molecule has 2 amide bonds. The van der Waals surface area contributed by atoms with Crippen LogP contribution < -0.4 is 11.1 Å². The number of nitrogens with two attached hydrogens (primary N) is 1. The molecule has 0 unspecified atom stereocenters. The van der Waals surface area contributed by atoms with Crippen LogP contribution in [-0.4, -0.2) is 36.4 Å². The lowest BCUT2D eigenvalue weighted by atomic mass is 9.62. The molecule has 0 aromatic heterocycles. The highest BCUT2D eigenvalue weighted by Crippen LogP contribution is 2.44. The summed E-state index contributed by atoms with van der Waals surface area (Å²) in [6.07, 6.45) is 0.723. The Labute approximate surface area is 136 Å². The molecule has 2 rings (SSSR count). The fraction of sp³-hybridized carbons (Fsp3) is 0.529. The van der Waals surface area contributed by atoms with Gasteiger partial charge in [-0.05, 0) is 36.1 Å². The summed E-state index contributed by atoms with van der Waals surface area (Å²) in [4.78, 5) is 22.8. The van der Waals surface area contributed by atoms with Crippen molar-refractivity contribution in [3.05, 3.63) is 34.9 Å². The second-order valence-electron chi connectivity index (χ2n) is 6.00. The van der Waals surface area contributed by atoms with Crippen molar-refractivity contribution in [3.63, 3.8) is 0 Å². The molecule has 0 saturated heterocycles. The Morgan fingerprint density at radius 2 is 2.04 bits per heavy atom. The predicted octanol–water partition coefficient (Wildman–Crippen LogP) is 2.05. The van der Waals surface area contributed by atoms with E-state index in [1.54, 1.807) is 13.2 Å². The van der Waals surface area contributed by atoms with Gasteiger partial charge >= 0.3 is 6.09 Å². The van der Waals surface area contributed by atoms with Gasteiger partial charge < -0.3 is 20.9 Å². The number of methoxy groups -OCH3 is 1. The number of carboxylic acid groups (broad SMARTS) is 1. The lowest BCUT2D eigenvalue weighted by Gasteiger charge is -2.48. The molecule has 6 heteroatoms. The van der Waals surface area contributed by atoms with Crippen molar-refractivity contribution in [1.29, 1.82) is 0 Å². The topological polar surface area (TPSA) is 102 Å². The van der Waals surface area contributed by atoms with Gasteiger partial charge in [0.15, 0.2) is 0 Å². The summed E-state index contributed by atoms with van der Waals surface area (Å²) in [5, 5.41) is 11.9. The van der Waals surface area contributed by atoms with Gasteiger partial charge in [-0.1, -0.05) is 19.9 Å². The first-order chi connectivity index (χ1) is 10.9. The third-order valence-corrected chi connectivity index (χ3v) is 5.16. The fourth-order valence-corrected chi connectivity index (χ4v) is 3.88. The average molecular weight is 320 g/mol. The number of fused-ring (bicyclic) bond motifs is 1. The number of hydrogen-bond acceptors (Lipinski definition) is 3. The zero-order valence-corrected chi connectivity index (χ0v) is 13.8. The Bertz CT molecular complexity index is 611. The molecule has 23 heavy (non-hydrogen) atoms. The quantitative estimate of drug-likeness (QED) is 0.772. The number of carbonyl (C=O) groups is 2. The van der Waals surface area contributed by atoms with Crippen LogP contribution in [0.4, 0.5) is 4.79 Å². The fourth-order valence-electron chi connectivity index (χ4n) is 3.88. The molecular weight excluding hydrogens is 296 g/mol. The lowest BCUT2D eigenvalue weighted by molar-refractivity contribution is 0.0253. The molecule has 0 spiro atoms. The van der Waals surface area contributed by atoms with E-state index < -0.39 is 17.4 Å². The number of carbonyl (C=O) groups excluding carboxylic acids is 1. The number of hydrogen-bond donors (Lipinski definition) is 3. The van der Waals surface area contributed by atoms with Crippen molar-refractivity contribution in [3.8, 4) is 0 Å². The maximum absolute atomic E-state index is 11.5. The molecule has 0 heterocycles. The van der Waals surface area contributed by atoms with Gasteiger partial charge in [0.2, 0.25) is 5.91 Å². The highest BCUT2D eigenvalue weighted by molar-refractivity contribution is 5.93. The van der Waals surface area contributed by atoms with E-state index >= 15 is 0 Å². The molecule has 0 aliphatic heterocycles. The minimum atomic E-state index is -1.07. The molecule has 0 saturated carbocycles. The Kier molecular flexibility index (Phi) is 4.94. The van der Waals surface area contributed by atoms with Gasteiger partial charge in [-0.15, -0.1) is 0 Å². The van der Waals surface area contributed by atoms with Crippen LogP contribution in [-0.2, 0) is 16.6 Å². The van der Waals surface area contributed by atoms with Gasteiger partial charge in [-0.2, -0.15) is 0 Å². The van der Waals surface area contributed by atoms with Gasteiger partial charge in [0.05, 0.1) is 12.1 Å². The molecule has 0 fully saturated rings. The molecule has 0 radical (unpaired) electrons. The third kappa shape index (κ3) is 2.91. The smallest absolute Gasteiger partial charge is 0.404 e. The molecule has 2 atom stereocenters. The minimum Gasteiger partial charge on any atom is -0.465 e. The molecule has 1 aliphatic carbocycles. The number of amides is 2. The second-order valence-corrected chi connectivity index (χ2v) is 6.00. The highest BCUT2D eigenvalue weighted by atomic mass is 16.5. The van der Waals surface area contributed by atoms with Crippen LogP contribution in [0.3, 0.4) is 0 Å². The molecule has 1 aromatic carbocycles. The standard InChI is InChI=1S/C17H24N2O4/c1-4-17(5-2)12-8-11(15(18)20)7-6-10(12)9-13(23-3)14(17)19-16(21)22/h6-8,13-14,19H,4-5,9H2,1-3H3,(H2,18,20)(H,21,22)/t13-,14+/m1/s1. The zero-order valence-electron chi connectivity index (χ0n) is 13.8. The van der Waals surface area contributed by atoms with Gasteiger partial charge in [0, 0.05) is 24.5 Å². The molecule has 6 nitrogen and oxygen atoms in total. The van der Waals surface area contributed by atoms with E-state index in [0.717, 1.165) is 24.0 Å². The number of benzene rings is 1. The first-order valence-electron chi connectivity index (χ1n) is 7.85. The summed E-state index contributed by atoms with van der Waals surface area (Å²) in [6.45, 7) is 4.05. The summed E-state index contributed by atoms with van der Waals surface area (Å²) in [5.41, 5.74) is 7.50. The Morgan fingerprint density at radius 3 is 2.52 bits per heavy atom. The SMILES string of the molecule is CCC1(CC)c2cc(C(N)=O)ccc2C[C@@H](OC)[C@@H]1NC(=O)O. The van der Waals surface area contributed by atoms with Crippen molar-refractivity contribution in [2.45, 2.75) is 50.7 Å². The predicted molar refractivity (Wildman–Crippen MR) is 86.7 cm³/mol. The Balaban J connectivity index is 2.64. The van der Waals surface area contributed by atoms with E-state index in [4.69, 9.17) is 10.5 Å². The summed E-state index contributed by atoms with van der Waals surface area (Å²) < 4.78 is 5.58. The number of primary amides is 1. The monoisotopic (exact) mass is 320 g/mol. The van der Waals surface area contributed by atoms with Gasteiger partial charge in [0.1, 0.15) is 0 Å². The summed E-state index contributed by atoms with van der Waals surface area (Å²) in [7, 11) is 1.60. The third-order valence-electron chi connectivity index (χ3n) is 5.16. The highest BCUT2D eigenvalue weighted by Gasteiger charge is 2.47. The largest absolute Gasteiger partial charge is 0.465 e. The van der Waals surface area contributed by atoms with E-state index in [1.807, 2.05) is 26.0 Å². The van der Waals surface area contributed by atoms with Crippen LogP contribution in [0.25, 0.3) is 0 Å². The van der Waals surface area contributed by atoms with Crippen molar-refractivity contribution in [2.24, 2.45) is 5.73 Å². The summed E-state index contributed by atoms with van der Waals surface area (Å²) in [5.74, 6) is -0.481. The minimum absolute atomic E-state index is 0.252. The van der Waals surface area contributed by atoms with E-state index in [2.05, 4.69) is 5.32 Å². The molecule has 1 aromatic rings. The van der Waals surface area contributed by atoms with Crippen LogP contribution in [0.2, 0.25) is 0 Å². The van der Waals surface area contributed by atoms with E-state index in [-0.39, 0.29) is 12.1 Å². The molecule has 0 bridgehead atoms. The normalized spacial score (nSPS) is 22.2. The zero-order chi connectivity index (χ0) is 17.2. The van der Waals surface area contributed by atoms with Gasteiger partial charge in [-0.3, -0.25) is 4.79 Å². The Morgan fingerprint density at radius 1 is 1.39 bits per heavy atom. The maximum atomic E-state index is 11.5. The summed E-state index contributed by atoms with van der Waals surface area (Å²) >= 11 is 0. The average Bonchev–Trinajstić information content (AvgIpc) is 2.53. The van der Waals surface area contributed by atoms with Crippen LogP contribution >= 0.6 is 0 Å². The van der Waals surface area contributed by atoms with Gasteiger partial charge in [-0.25, -0.2) is 4.79 Å². The van der Waals surface area contributed by atoms with Crippen molar-refractivity contribution in [2.75, 3.05) is 7.11 Å². The molecular formula is C17H24N2O4. The molecule has 4 N–H and O–H groups in total. The molecule has 126 valence electrons. The first kappa shape index (κ1) is 17.3. The van der Waals surface area contributed by atoms with Crippen molar-refractivity contribution < 1.29 is 19.4 Å². The van der Waals surface area contributed by atoms with Crippen molar-refractivity contribution >= 4 is 12.0 Å². The Hall–Kier alpha value is -2.08. The number of nitrogens with one attached hydrogen (secondary N) is 1. The van der Waals surface area contributed by atoms with E-state index in [1.165, 1.54) is 0 Å². The van der Waals surface area contributed by atoms with E-state index in [0.29, 0.717) is 12.0 Å². The van der Waals surface area contributed by atoms with Crippen LogP contribution in [0.15, 0.2) is 18.2 Å². The van der Waals surface area contributed by atoms with Crippen molar-refractivity contribution in [1.82, 2.24) is 5.32 Å². The summed E-state index contributed by atoms with van der Waals surface area (Å²) in [6, 6.07) is 5.05. The number of ether oxygens (including phenoxy) is 1. The van der Waals surface area contributed by atoms with Gasteiger partial charge in [0.25, 0.3) is 0 Å².